The third kappa shape index (κ3) is 5.38. The number of thioether (sulfide) groups is 1. The van der Waals surface area contributed by atoms with Crippen LogP contribution in [0.15, 0.2) is 53.4 Å². The van der Waals surface area contributed by atoms with Crippen molar-refractivity contribution in [3.8, 4) is 11.5 Å². The maximum atomic E-state index is 12.2. The minimum atomic E-state index is -3.32. The zero-order valence-corrected chi connectivity index (χ0v) is 15.8. The number of hydrogen-bond acceptors (Lipinski definition) is 6. The van der Waals surface area contributed by atoms with Crippen molar-refractivity contribution in [2.24, 2.45) is 0 Å². The maximum absolute atomic E-state index is 12.2. The second-order valence-corrected chi connectivity index (χ2v) is 10.8. The molecule has 2 aromatic carbocycles. The molecule has 1 atom stereocenters. The van der Waals surface area contributed by atoms with Crippen LogP contribution in [0.25, 0.3) is 0 Å². The Labute approximate surface area is 151 Å². The molecular formula is C16H17NO5S3. The third-order valence-electron chi connectivity index (χ3n) is 3.38. The van der Waals surface area contributed by atoms with Crippen LogP contribution in [-0.2, 0) is 19.9 Å². The lowest BCUT2D eigenvalue weighted by molar-refractivity contribution is 0.482. The Morgan fingerprint density at radius 3 is 2.00 bits per heavy atom. The molecule has 1 N–H and O–H groups in total. The lowest BCUT2D eigenvalue weighted by Crippen LogP contribution is -2.10. The summed E-state index contributed by atoms with van der Waals surface area (Å²) in [4.78, 5) is 0.292. The number of benzene rings is 2. The first-order valence-corrected chi connectivity index (χ1v) is 12.0. The van der Waals surface area contributed by atoms with E-state index in [1.807, 2.05) is 0 Å². The second kappa shape index (κ2) is 6.89. The number of hydrogen-bond donors (Lipinski definition) is 1. The van der Waals surface area contributed by atoms with Gasteiger partial charge in [0.05, 0.1) is 16.9 Å². The minimum Gasteiger partial charge on any atom is -0.457 e. The summed E-state index contributed by atoms with van der Waals surface area (Å²) in [6.07, 6.45) is 1.08. The summed E-state index contributed by atoms with van der Waals surface area (Å²) in [5.74, 6) is 2.10. The Bertz CT molecular complexity index is 948. The summed E-state index contributed by atoms with van der Waals surface area (Å²) in [5, 5.41) is 0.222. The van der Waals surface area contributed by atoms with Gasteiger partial charge in [0.25, 0.3) is 0 Å². The van der Waals surface area contributed by atoms with Crippen LogP contribution in [0.1, 0.15) is 0 Å². The SMILES string of the molecule is CS(=O)(=O)Nc1ccc(Oc2ccc(S(=O)(=O)C[C@@H]3CS3)cc2)cc1. The van der Waals surface area contributed by atoms with Crippen LogP contribution in [0.5, 0.6) is 11.5 Å². The van der Waals surface area contributed by atoms with Gasteiger partial charge in [0.15, 0.2) is 9.84 Å². The molecule has 1 aliphatic heterocycles. The fourth-order valence-corrected chi connectivity index (χ4v) is 5.40. The lowest BCUT2D eigenvalue weighted by Gasteiger charge is -2.09. The highest BCUT2D eigenvalue weighted by atomic mass is 32.2. The largest absolute Gasteiger partial charge is 0.457 e. The number of ether oxygens (including phenoxy) is 1. The smallest absolute Gasteiger partial charge is 0.229 e. The van der Waals surface area contributed by atoms with E-state index in [-0.39, 0.29) is 11.0 Å². The van der Waals surface area contributed by atoms with E-state index in [9.17, 15) is 16.8 Å². The van der Waals surface area contributed by atoms with Crippen LogP contribution in [0.3, 0.4) is 0 Å². The highest BCUT2D eigenvalue weighted by Gasteiger charge is 2.29. The topological polar surface area (TPSA) is 89.5 Å². The van der Waals surface area contributed by atoms with Crippen molar-refractivity contribution in [1.82, 2.24) is 0 Å². The molecule has 25 heavy (non-hydrogen) atoms. The van der Waals surface area contributed by atoms with Crippen molar-refractivity contribution in [3.63, 3.8) is 0 Å². The van der Waals surface area contributed by atoms with Crippen LogP contribution < -0.4 is 9.46 Å². The molecule has 1 fully saturated rings. The Morgan fingerprint density at radius 1 is 1.00 bits per heavy atom. The van der Waals surface area contributed by atoms with E-state index in [0.29, 0.717) is 22.1 Å². The van der Waals surface area contributed by atoms with E-state index in [0.717, 1.165) is 12.0 Å². The summed E-state index contributed by atoms with van der Waals surface area (Å²) in [7, 11) is -6.57. The average Bonchev–Trinajstić information content (AvgIpc) is 3.32. The van der Waals surface area contributed by atoms with Crippen molar-refractivity contribution < 1.29 is 21.6 Å². The molecule has 6 nitrogen and oxygen atoms in total. The van der Waals surface area contributed by atoms with Gasteiger partial charge in [-0.05, 0) is 48.5 Å². The number of sulfone groups is 1. The van der Waals surface area contributed by atoms with Crippen molar-refractivity contribution in [3.05, 3.63) is 48.5 Å². The first-order chi connectivity index (χ1) is 11.7. The Morgan fingerprint density at radius 2 is 1.52 bits per heavy atom. The van der Waals surface area contributed by atoms with Gasteiger partial charge in [0.1, 0.15) is 11.5 Å². The second-order valence-electron chi connectivity index (χ2n) is 5.71. The molecule has 0 unspecified atom stereocenters. The monoisotopic (exact) mass is 399 g/mol. The van der Waals surface area contributed by atoms with Gasteiger partial charge in [-0.2, -0.15) is 11.8 Å². The molecule has 9 heteroatoms. The first kappa shape index (κ1) is 18.1. The van der Waals surface area contributed by atoms with Crippen LogP contribution in [0.4, 0.5) is 5.69 Å². The molecule has 0 bridgehead atoms. The molecule has 0 amide bonds. The predicted octanol–water partition coefficient (Wildman–Crippen LogP) is 2.74. The van der Waals surface area contributed by atoms with Crippen molar-refractivity contribution in [1.29, 1.82) is 0 Å². The normalized spacial score (nSPS) is 17.1. The van der Waals surface area contributed by atoms with E-state index in [1.54, 1.807) is 48.2 Å². The molecule has 1 saturated heterocycles. The highest BCUT2D eigenvalue weighted by molar-refractivity contribution is 8.08. The molecule has 0 aliphatic carbocycles. The Kier molecular flexibility index (Phi) is 4.99. The Balaban J connectivity index is 1.67. The molecular weight excluding hydrogens is 382 g/mol. The van der Waals surface area contributed by atoms with Crippen molar-refractivity contribution in [2.75, 3.05) is 22.5 Å². The number of anilines is 1. The molecule has 2 aromatic rings. The molecule has 1 aliphatic rings. The van der Waals surface area contributed by atoms with Gasteiger partial charge in [-0.3, -0.25) is 4.72 Å². The van der Waals surface area contributed by atoms with Gasteiger partial charge < -0.3 is 4.74 Å². The molecule has 0 aromatic heterocycles. The van der Waals surface area contributed by atoms with E-state index >= 15 is 0 Å². The van der Waals surface area contributed by atoms with Gasteiger partial charge in [0.2, 0.25) is 10.0 Å². The molecule has 0 radical (unpaired) electrons. The molecule has 134 valence electrons. The average molecular weight is 400 g/mol. The third-order valence-corrected chi connectivity index (χ3v) is 7.00. The fourth-order valence-electron chi connectivity index (χ4n) is 2.16. The molecule has 3 rings (SSSR count). The minimum absolute atomic E-state index is 0.173. The lowest BCUT2D eigenvalue weighted by atomic mass is 10.3. The molecule has 0 spiro atoms. The summed E-state index contributed by atoms with van der Waals surface area (Å²) in [6, 6.07) is 12.7. The predicted molar refractivity (Wildman–Crippen MR) is 99.7 cm³/mol. The fraction of sp³-hybridized carbons (Fsp3) is 0.250. The summed E-state index contributed by atoms with van der Waals surface area (Å²) in [6.45, 7) is 0. The van der Waals surface area contributed by atoms with Crippen LogP contribution in [0.2, 0.25) is 0 Å². The molecule has 0 saturated carbocycles. The maximum Gasteiger partial charge on any atom is 0.229 e. The summed E-state index contributed by atoms with van der Waals surface area (Å²) < 4.78 is 54.7. The number of sulfonamides is 1. The summed E-state index contributed by atoms with van der Waals surface area (Å²) in [5.41, 5.74) is 0.439. The first-order valence-electron chi connectivity index (χ1n) is 7.41. The zero-order valence-electron chi connectivity index (χ0n) is 13.4. The van der Waals surface area contributed by atoms with E-state index < -0.39 is 19.9 Å². The van der Waals surface area contributed by atoms with Crippen molar-refractivity contribution in [2.45, 2.75) is 10.1 Å². The van der Waals surface area contributed by atoms with E-state index in [1.165, 1.54) is 12.1 Å². The van der Waals surface area contributed by atoms with Gasteiger partial charge in [-0.1, -0.05) is 0 Å². The number of rotatable bonds is 7. The van der Waals surface area contributed by atoms with Gasteiger partial charge >= 0.3 is 0 Å². The van der Waals surface area contributed by atoms with Crippen molar-refractivity contribution >= 4 is 37.3 Å². The Hall–Kier alpha value is -1.71. The standard InChI is InChI=1S/C16H17NO5S3/c1-24(18,19)17-12-2-4-13(5-3-12)22-14-6-8-16(9-7-14)25(20,21)11-15-10-23-15/h2-9,15,17H,10-11H2,1H3/t15-/m0/s1. The zero-order chi connectivity index (χ0) is 18.1. The van der Waals surface area contributed by atoms with Gasteiger partial charge in [0, 0.05) is 16.7 Å². The quantitative estimate of drug-likeness (QED) is 0.720. The van der Waals surface area contributed by atoms with Crippen LogP contribution >= 0.6 is 11.8 Å². The number of nitrogens with one attached hydrogen (secondary N) is 1. The summed E-state index contributed by atoms with van der Waals surface area (Å²) >= 11 is 1.65. The van der Waals surface area contributed by atoms with Crippen LogP contribution in [-0.4, -0.2) is 39.8 Å². The van der Waals surface area contributed by atoms with E-state index in [2.05, 4.69) is 4.72 Å². The van der Waals surface area contributed by atoms with Gasteiger partial charge in [-0.25, -0.2) is 16.8 Å². The van der Waals surface area contributed by atoms with Gasteiger partial charge in [-0.15, -0.1) is 0 Å². The van der Waals surface area contributed by atoms with E-state index in [4.69, 9.17) is 4.74 Å². The highest BCUT2D eigenvalue weighted by Crippen LogP contribution is 2.33. The van der Waals surface area contributed by atoms with Crippen LogP contribution in [0, 0.1) is 0 Å². The molecule has 1 heterocycles.